The Morgan fingerprint density at radius 1 is 1.35 bits per heavy atom. The van der Waals surface area contributed by atoms with E-state index in [0.29, 0.717) is 28.8 Å². The minimum Gasteiger partial charge on any atom is -0.463 e. The predicted molar refractivity (Wildman–Crippen MR) is 98.1 cm³/mol. The first-order valence-electron chi connectivity index (χ1n) is 9.21. The van der Waals surface area contributed by atoms with Gasteiger partial charge in [-0.05, 0) is 25.2 Å². The highest BCUT2D eigenvalue weighted by molar-refractivity contribution is 5.82. The van der Waals surface area contributed by atoms with Crippen molar-refractivity contribution in [2.75, 3.05) is 0 Å². The maximum absolute atomic E-state index is 12.8. The number of aryl methyl sites for hydroxylation is 1. The number of furan rings is 1. The third kappa shape index (κ3) is 2.71. The van der Waals surface area contributed by atoms with E-state index in [4.69, 9.17) is 4.42 Å². The standard InChI is InChI=1S/C19H24N4O3/c1-11-5-4-6-14(12(11)2)20-18(24)10-22-19(25)16-9-17-15(7-8-26-17)23(16)13(3)21-22/h7-9,11-12,14H,4-6,10H2,1-3H3,(H,20,24)/t11-,12+,14-/m1/s1. The van der Waals surface area contributed by atoms with Crippen molar-refractivity contribution in [3.8, 4) is 0 Å². The van der Waals surface area contributed by atoms with Crippen molar-refractivity contribution in [2.24, 2.45) is 11.8 Å². The molecule has 7 nitrogen and oxygen atoms in total. The van der Waals surface area contributed by atoms with Crippen LogP contribution in [0.1, 0.15) is 38.9 Å². The Bertz CT molecular complexity index is 1030. The SMILES string of the molecule is Cc1nn(CC(=O)N[C@@H]2CCC[C@@H](C)[C@@H]2C)c(=O)c2cc3occc3n12. The van der Waals surface area contributed by atoms with Crippen LogP contribution in [0, 0.1) is 18.8 Å². The van der Waals surface area contributed by atoms with E-state index < -0.39 is 0 Å². The van der Waals surface area contributed by atoms with Crippen molar-refractivity contribution < 1.29 is 9.21 Å². The van der Waals surface area contributed by atoms with Crippen molar-refractivity contribution in [1.82, 2.24) is 19.5 Å². The van der Waals surface area contributed by atoms with E-state index in [1.54, 1.807) is 22.8 Å². The summed E-state index contributed by atoms with van der Waals surface area (Å²) < 4.78 is 8.39. The van der Waals surface area contributed by atoms with E-state index in [1.807, 2.05) is 6.92 Å². The number of nitrogens with one attached hydrogen (secondary N) is 1. The average Bonchev–Trinajstić information content (AvgIpc) is 3.17. The molecule has 0 saturated heterocycles. The number of hydrogen-bond acceptors (Lipinski definition) is 4. The lowest BCUT2D eigenvalue weighted by Gasteiger charge is -2.34. The molecule has 1 aliphatic rings. The first-order chi connectivity index (χ1) is 12.5. The molecular formula is C19H24N4O3. The summed E-state index contributed by atoms with van der Waals surface area (Å²) in [5.74, 6) is 1.52. The summed E-state index contributed by atoms with van der Waals surface area (Å²) in [5, 5.41) is 7.43. The quantitative estimate of drug-likeness (QED) is 0.782. The summed E-state index contributed by atoms with van der Waals surface area (Å²) in [5.41, 5.74) is 1.63. The molecule has 0 radical (unpaired) electrons. The predicted octanol–water partition coefficient (Wildman–Crippen LogP) is 2.49. The number of carbonyl (C=O) groups excluding carboxylic acids is 1. The molecule has 0 aliphatic heterocycles. The fourth-order valence-electron chi connectivity index (χ4n) is 4.11. The van der Waals surface area contributed by atoms with Gasteiger partial charge in [-0.2, -0.15) is 5.10 Å². The molecule has 3 atom stereocenters. The molecule has 1 aliphatic carbocycles. The van der Waals surface area contributed by atoms with Crippen molar-refractivity contribution in [3.63, 3.8) is 0 Å². The summed E-state index contributed by atoms with van der Waals surface area (Å²) in [6.45, 7) is 6.16. The number of aromatic nitrogens is 3. The summed E-state index contributed by atoms with van der Waals surface area (Å²) in [4.78, 5) is 25.3. The molecule has 1 N–H and O–H groups in total. The van der Waals surface area contributed by atoms with Crippen LogP contribution in [-0.2, 0) is 11.3 Å². The molecule has 0 aromatic carbocycles. The number of amides is 1. The van der Waals surface area contributed by atoms with Gasteiger partial charge in [0.2, 0.25) is 5.91 Å². The smallest absolute Gasteiger partial charge is 0.291 e. The van der Waals surface area contributed by atoms with E-state index in [2.05, 4.69) is 24.3 Å². The van der Waals surface area contributed by atoms with Crippen LogP contribution in [0.5, 0.6) is 0 Å². The maximum Gasteiger partial charge on any atom is 0.291 e. The second kappa shape index (κ2) is 6.30. The van der Waals surface area contributed by atoms with Crippen LogP contribution < -0.4 is 10.9 Å². The Kier molecular flexibility index (Phi) is 4.09. The lowest BCUT2D eigenvalue weighted by molar-refractivity contribution is -0.123. The number of rotatable bonds is 3. The fraction of sp³-hybridized carbons (Fsp3) is 0.526. The molecule has 3 aromatic rings. The molecule has 1 fully saturated rings. The van der Waals surface area contributed by atoms with Gasteiger partial charge < -0.3 is 9.73 Å². The molecule has 26 heavy (non-hydrogen) atoms. The summed E-state index contributed by atoms with van der Waals surface area (Å²) in [7, 11) is 0. The van der Waals surface area contributed by atoms with Gasteiger partial charge in [-0.3, -0.25) is 14.0 Å². The Balaban J connectivity index is 1.60. The van der Waals surface area contributed by atoms with Crippen molar-refractivity contribution in [3.05, 3.63) is 34.6 Å². The zero-order chi connectivity index (χ0) is 18.4. The second-order valence-corrected chi connectivity index (χ2v) is 7.49. The number of nitrogens with zero attached hydrogens (tertiary/aromatic N) is 3. The van der Waals surface area contributed by atoms with Crippen LogP contribution in [0.4, 0.5) is 0 Å². The minimum absolute atomic E-state index is 0.0691. The first-order valence-corrected chi connectivity index (χ1v) is 9.21. The van der Waals surface area contributed by atoms with Gasteiger partial charge in [-0.1, -0.05) is 26.7 Å². The summed E-state index contributed by atoms with van der Waals surface area (Å²) in [6.07, 6.45) is 4.91. The molecule has 0 bridgehead atoms. The number of hydrogen-bond donors (Lipinski definition) is 1. The molecule has 1 saturated carbocycles. The number of fused-ring (bicyclic) bond motifs is 3. The second-order valence-electron chi connectivity index (χ2n) is 7.49. The van der Waals surface area contributed by atoms with Crippen molar-refractivity contribution in [1.29, 1.82) is 0 Å². The van der Waals surface area contributed by atoms with E-state index in [9.17, 15) is 9.59 Å². The van der Waals surface area contributed by atoms with Gasteiger partial charge in [0.25, 0.3) is 5.56 Å². The highest BCUT2D eigenvalue weighted by Gasteiger charge is 2.28. The zero-order valence-corrected chi connectivity index (χ0v) is 15.4. The lowest BCUT2D eigenvalue weighted by atomic mass is 9.78. The first kappa shape index (κ1) is 16.9. The normalized spacial score (nSPS) is 23.6. The van der Waals surface area contributed by atoms with Crippen molar-refractivity contribution in [2.45, 2.75) is 52.6 Å². The zero-order valence-electron chi connectivity index (χ0n) is 15.4. The molecule has 7 heteroatoms. The van der Waals surface area contributed by atoms with Crippen LogP contribution in [-0.4, -0.2) is 26.1 Å². The van der Waals surface area contributed by atoms with Gasteiger partial charge in [-0.25, -0.2) is 4.68 Å². The molecule has 1 amide bonds. The Morgan fingerprint density at radius 3 is 2.96 bits per heavy atom. The van der Waals surface area contributed by atoms with Gasteiger partial charge in [-0.15, -0.1) is 0 Å². The molecule has 4 rings (SSSR count). The molecule has 0 spiro atoms. The van der Waals surface area contributed by atoms with Gasteiger partial charge in [0.1, 0.15) is 17.9 Å². The summed E-state index contributed by atoms with van der Waals surface area (Å²) in [6, 6.07) is 3.67. The molecule has 3 heterocycles. The number of carbonyl (C=O) groups is 1. The van der Waals surface area contributed by atoms with Crippen LogP contribution >= 0.6 is 0 Å². The molecular weight excluding hydrogens is 332 g/mol. The Hall–Kier alpha value is -2.57. The molecule has 3 aromatic heterocycles. The minimum atomic E-state index is -0.290. The Morgan fingerprint density at radius 2 is 2.15 bits per heavy atom. The highest BCUT2D eigenvalue weighted by atomic mass is 16.3. The summed E-state index contributed by atoms with van der Waals surface area (Å²) >= 11 is 0. The van der Waals surface area contributed by atoms with Gasteiger partial charge in [0.05, 0.1) is 11.8 Å². The van der Waals surface area contributed by atoms with Gasteiger partial charge in [0, 0.05) is 18.2 Å². The molecule has 0 unspecified atom stereocenters. The van der Waals surface area contributed by atoms with E-state index >= 15 is 0 Å². The maximum atomic E-state index is 12.8. The largest absolute Gasteiger partial charge is 0.463 e. The van der Waals surface area contributed by atoms with Gasteiger partial charge >= 0.3 is 0 Å². The highest BCUT2D eigenvalue weighted by Crippen LogP contribution is 2.29. The van der Waals surface area contributed by atoms with E-state index in [1.165, 1.54) is 11.1 Å². The third-order valence-electron chi connectivity index (χ3n) is 5.81. The van der Waals surface area contributed by atoms with Crippen molar-refractivity contribution >= 4 is 22.5 Å². The Labute approximate surface area is 151 Å². The van der Waals surface area contributed by atoms with E-state index in [0.717, 1.165) is 18.4 Å². The topological polar surface area (TPSA) is 81.5 Å². The van der Waals surface area contributed by atoms with E-state index in [-0.39, 0.29) is 24.1 Å². The van der Waals surface area contributed by atoms with Crippen LogP contribution in [0.15, 0.2) is 27.6 Å². The fourth-order valence-corrected chi connectivity index (χ4v) is 4.11. The van der Waals surface area contributed by atoms with Crippen LogP contribution in [0.2, 0.25) is 0 Å². The van der Waals surface area contributed by atoms with Crippen LogP contribution in [0.3, 0.4) is 0 Å². The van der Waals surface area contributed by atoms with Crippen LogP contribution in [0.25, 0.3) is 16.6 Å². The average molecular weight is 356 g/mol. The lowest BCUT2D eigenvalue weighted by Crippen LogP contribution is -2.46. The third-order valence-corrected chi connectivity index (χ3v) is 5.81. The van der Waals surface area contributed by atoms with Gasteiger partial charge in [0.15, 0.2) is 5.58 Å². The monoisotopic (exact) mass is 356 g/mol. The molecule has 138 valence electrons.